The van der Waals surface area contributed by atoms with Crippen LogP contribution in [0.1, 0.15) is 19.3 Å². The predicted octanol–water partition coefficient (Wildman–Crippen LogP) is 0.663. The van der Waals surface area contributed by atoms with Crippen LogP contribution in [0.3, 0.4) is 0 Å². The first kappa shape index (κ1) is 13.0. The Morgan fingerprint density at radius 2 is 1.75 bits per heavy atom. The summed E-state index contributed by atoms with van der Waals surface area (Å²) in [5.74, 6) is -2.92. The quantitative estimate of drug-likeness (QED) is 0.735. The van der Waals surface area contributed by atoms with E-state index in [4.69, 9.17) is 5.73 Å². The molecule has 1 rings (SSSR count). The Hall–Kier alpha value is -1.11. The lowest BCUT2D eigenvalue weighted by molar-refractivity contribution is -0.180. The van der Waals surface area contributed by atoms with Crippen LogP contribution in [0.5, 0.6) is 0 Å². The molecule has 1 heterocycles. The van der Waals surface area contributed by atoms with Crippen molar-refractivity contribution in [3.05, 3.63) is 0 Å². The number of imide groups is 1. The molecule has 1 atom stereocenters. The molecule has 0 aromatic rings. The maximum absolute atomic E-state index is 12.4. The van der Waals surface area contributed by atoms with Crippen molar-refractivity contribution in [2.75, 3.05) is 13.1 Å². The molecule has 0 aliphatic carbocycles. The second-order valence-electron chi connectivity index (χ2n) is 3.73. The SMILES string of the molecule is NCC(CN1C(=O)CCCC1=O)C(F)(F)F. The minimum Gasteiger partial charge on any atom is -0.330 e. The number of carbonyl (C=O) groups is 2. The van der Waals surface area contributed by atoms with Gasteiger partial charge in [0, 0.05) is 25.9 Å². The summed E-state index contributed by atoms with van der Waals surface area (Å²) in [6.07, 6.45) is -3.82. The lowest BCUT2D eigenvalue weighted by atomic mass is 10.0. The van der Waals surface area contributed by atoms with Crippen LogP contribution in [-0.4, -0.2) is 36.0 Å². The molecule has 2 N–H and O–H groups in total. The molecular weight excluding hydrogens is 225 g/mol. The summed E-state index contributed by atoms with van der Waals surface area (Å²) in [5.41, 5.74) is 5.00. The molecule has 1 aliphatic rings. The van der Waals surface area contributed by atoms with Gasteiger partial charge in [0.05, 0.1) is 5.92 Å². The number of hydrogen-bond acceptors (Lipinski definition) is 3. The number of nitrogens with two attached hydrogens (primary N) is 1. The maximum Gasteiger partial charge on any atom is 0.394 e. The minimum atomic E-state index is -4.48. The third-order valence-corrected chi connectivity index (χ3v) is 2.53. The predicted molar refractivity (Wildman–Crippen MR) is 49.2 cm³/mol. The summed E-state index contributed by atoms with van der Waals surface area (Å²) < 4.78 is 37.2. The number of halogens is 3. The summed E-state index contributed by atoms with van der Waals surface area (Å²) in [6.45, 7) is -1.28. The molecule has 4 nitrogen and oxygen atoms in total. The van der Waals surface area contributed by atoms with E-state index < -0.39 is 37.0 Å². The molecule has 2 amide bonds. The van der Waals surface area contributed by atoms with Crippen molar-refractivity contribution in [3.63, 3.8) is 0 Å². The van der Waals surface area contributed by atoms with E-state index in [1.54, 1.807) is 0 Å². The number of alkyl halides is 3. The zero-order chi connectivity index (χ0) is 12.3. The van der Waals surface area contributed by atoms with E-state index in [9.17, 15) is 22.8 Å². The van der Waals surface area contributed by atoms with Gasteiger partial charge in [0.2, 0.25) is 11.8 Å². The fourth-order valence-electron chi connectivity index (χ4n) is 1.54. The van der Waals surface area contributed by atoms with Crippen molar-refractivity contribution in [2.24, 2.45) is 11.7 Å². The standard InChI is InChI=1S/C9H13F3N2O2/c10-9(11,12)6(4-13)5-14-7(15)2-1-3-8(14)16/h6H,1-5,13H2. The van der Waals surface area contributed by atoms with Crippen LogP contribution in [0, 0.1) is 5.92 Å². The van der Waals surface area contributed by atoms with E-state index in [-0.39, 0.29) is 12.8 Å². The lowest BCUT2D eigenvalue weighted by Gasteiger charge is -2.29. The van der Waals surface area contributed by atoms with E-state index in [0.29, 0.717) is 11.3 Å². The van der Waals surface area contributed by atoms with Crippen molar-refractivity contribution in [1.82, 2.24) is 4.90 Å². The highest BCUT2D eigenvalue weighted by atomic mass is 19.4. The molecule has 0 bridgehead atoms. The molecule has 0 aromatic carbocycles. The van der Waals surface area contributed by atoms with Crippen LogP contribution in [0.2, 0.25) is 0 Å². The first-order valence-electron chi connectivity index (χ1n) is 4.96. The molecule has 1 saturated heterocycles. The third kappa shape index (κ3) is 2.94. The Morgan fingerprint density at radius 1 is 1.25 bits per heavy atom. The van der Waals surface area contributed by atoms with Crippen LogP contribution in [0.4, 0.5) is 13.2 Å². The second kappa shape index (κ2) is 4.82. The minimum absolute atomic E-state index is 0.126. The van der Waals surface area contributed by atoms with Crippen LogP contribution < -0.4 is 5.73 Å². The summed E-state index contributed by atoms with van der Waals surface area (Å²) in [4.78, 5) is 23.2. The number of hydrogen-bond donors (Lipinski definition) is 1. The normalized spacial score (nSPS) is 20.1. The Labute approximate surface area is 90.6 Å². The van der Waals surface area contributed by atoms with Gasteiger partial charge in [-0.15, -0.1) is 0 Å². The first-order chi connectivity index (χ1) is 7.36. The van der Waals surface area contributed by atoms with Crippen LogP contribution >= 0.6 is 0 Å². The first-order valence-corrected chi connectivity index (χ1v) is 4.96. The van der Waals surface area contributed by atoms with Gasteiger partial charge in [0.25, 0.3) is 0 Å². The van der Waals surface area contributed by atoms with Gasteiger partial charge in [0.15, 0.2) is 0 Å². The van der Waals surface area contributed by atoms with E-state index in [2.05, 4.69) is 0 Å². The monoisotopic (exact) mass is 238 g/mol. The van der Waals surface area contributed by atoms with Gasteiger partial charge in [0.1, 0.15) is 0 Å². The maximum atomic E-state index is 12.4. The fraction of sp³-hybridized carbons (Fsp3) is 0.778. The molecule has 0 spiro atoms. The molecular formula is C9H13F3N2O2. The van der Waals surface area contributed by atoms with Gasteiger partial charge in [-0.05, 0) is 6.42 Å². The van der Waals surface area contributed by atoms with Gasteiger partial charge < -0.3 is 5.73 Å². The molecule has 0 saturated carbocycles. The third-order valence-electron chi connectivity index (χ3n) is 2.53. The highest BCUT2D eigenvalue weighted by Gasteiger charge is 2.41. The van der Waals surface area contributed by atoms with Crippen molar-refractivity contribution < 1.29 is 22.8 Å². The number of rotatable bonds is 3. The van der Waals surface area contributed by atoms with Gasteiger partial charge in [-0.1, -0.05) is 0 Å². The summed E-state index contributed by atoms with van der Waals surface area (Å²) >= 11 is 0. The summed E-state index contributed by atoms with van der Waals surface area (Å²) in [7, 11) is 0. The Morgan fingerprint density at radius 3 is 2.12 bits per heavy atom. The zero-order valence-electron chi connectivity index (χ0n) is 8.59. The highest BCUT2D eigenvalue weighted by Crippen LogP contribution is 2.27. The number of nitrogens with zero attached hydrogens (tertiary/aromatic N) is 1. The fourth-order valence-corrected chi connectivity index (χ4v) is 1.54. The molecule has 0 radical (unpaired) electrons. The van der Waals surface area contributed by atoms with Gasteiger partial charge >= 0.3 is 6.18 Å². The second-order valence-corrected chi connectivity index (χ2v) is 3.73. The Kier molecular flexibility index (Phi) is 3.90. The van der Waals surface area contributed by atoms with E-state index in [0.717, 1.165) is 0 Å². The van der Waals surface area contributed by atoms with Gasteiger partial charge in [-0.3, -0.25) is 14.5 Å². The Bertz CT molecular complexity index is 275. The lowest BCUT2D eigenvalue weighted by Crippen LogP contribution is -2.47. The number of amides is 2. The number of piperidine rings is 1. The molecule has 1 unspecified atom stereocenters. The molecule has 1 fully saturated rings. The van der Waals surface area contributed by atoms with Crippen molar-refractivity contribution in [3.8, 4) is 0 Å². The van der Waals surface area contributed by atoms with E-state index in [1.807, 2.05) is 0 Å². The van der Waals surface area contributed by atoms with Crippen LogP contribution in [0.15, 0.2) is 0 Å². The van der Waals surface area contributed by atoms with E-state index >= 15 is 0 Å². The molecule has 92 valence electrons. The van der Waals surface area contributed by atoms with Gasteiger partial charge in [-0.25, -0.2) is 0 Å². The Balaban J connectivity index is 2.70. The van der Waals surface area contributed by atoms with Gasteiger partial charge in [-0.2, -0.15) is 13.2 Å². The zero-order valence-corrected chi connectivity index (χ0v) is 8.59. The summed E-state index contributed by atoms with van der Waals surface area (Å²) in [6, 6.07) is 0. The number of carbonyl (C=O) groups excluding carboxylic acids is 2. The molecule has 1 aliphatic heterocycles. The molecule has 0 aromatic heterocycles. The van der Waals surface area contributed by atoms with Crippen molar-refractivity contribution >= 4 is 11.8 Å². The largest absolute Gasteiger partial charge is 0.394 e. The van der Waals surface area contributed by atoms with Crippen LogP contribution in [-0.2, 0) is 9.59 Å². The average Bonchev–Trinajstić information content (AvgIpc) is 2.15. The molecule has 7 heteroatoms. The van der Waals surface area contributed by atoms with Crippen molar-refractivity contribution in [1.29, 1.82) is 0 Å². The summed E-state index contributed by atoms with van der Waals surface area (Å²) in [5, 5.41) is 0. The van der Waals surface area contributed by atoms with Crippen LogP contribution in [0.25, 0.3) is 0 Å². The highest BCUT2D eigenvalue weighted by molar-refractivity contribution is 5.97. The smallest absolute Gasteiger partial charge is 0.330 e. The molecule has 16 heavy (non-hydrogen) atoms. The number of likely N-dealkylation sites (tertiary alicyclic amines) is 1. The van der Waals surface area contributed by atoms with Crippen molar-refractivity contribution in [2.45, 2.75) is 25.4 Å². The average molecular weight is 238 g/mol. The van der Waals surface area contributed by atoms with E-state index in [1.165, 1.54) is 0 Å². The topological polar surface area (TPSA) is 63.4 Å².